The number of benzene rings is 3. The van der Waals surface area contributed by atoms with Crippen molar-refractivity contribution in [1.82, 2.24) is 0 Å². The largest absolute Gasteiger partial charge is 0.469 e. The van der Waals surface area contributed by atoms with Gasteiger partial charge in [-0.05, 0) is 24.1 Å². The van der Waals surface area contributed by atoms with Crippen LogP contribution in [0, 0.1) is 15.9 Å². The number of methoxy groups -OCH3 is 1. The second-order valence-electron chi connectivity index (χ2n) is 6.80. The van der Waals surface area contributed by atoms with E-state index in [1.807, 2.05) is 19.1 Å². The minimum absolute atomic E-state index is 0.174. The van der Waals surface area contributed by atoms with E-state index in [4.69, 9.17) is 4.74 Å². The Morgan fingerprint density at radius 2 is 1.59 bits per heavy atom. The molecular formula is C25H22FNO7. The molecule has 0 heterocycles. The smallest absolute Gasteiger partial charge is 0.322 e. The SMILES string of the molecule is CCc1ccccc1OC(=O)CC(=O)OC.O=C(c1ccccc1)c1ccc([N+](=O)[O-])cc1F. The van der Waals surface area contributed by atoms with Crippen LogP contribution in [0.3, 0.4) is 0 Å². The van der Waals surface area contributed by atoms with Gasteiger partial charge in [0.2, 0.25) is 0 Å². The van der Waals surface area contributed by atoms with E-state index in [0.29, 0.717) is 11.3 Å². The Labute approximate surface area is 195 Å². The van der Waals surface area contributed by atoms with Crippen molar-refractivity contribution in [1.29, 1.82) is 0 Å². The zero-order valence-corrected chi connectivity index (χ0v) is 18.5. The molecule has 0 unspecified atom stereocenters. The normalized spacial score (nSPS) is 9.85. The first-order chi connectivity index (χ1) is 16.3. The Kier molecular flexibility index (Phi) is 9.57. The lowest BCUT2D eigenvalue weighted by molar-refractivity contribution is -0.385. The molecule has 0 aliphatic rings. The molecule has 0 amide bonds. The maximum absolute atomic E-state index is 13.6. The molecule has 0 saturated carbocycles. The Hall–Kier alpha value is -4.40. The van der Waals surface area contributed by atoms with Crippen LogP contribution in [0.15, 0.2) is 72.8 Å². The maximum atomic E-state index is 13.6. The standard InChI is InChI=1S/C13H8FNO3.C12H14O4/c14-12-8-10(15(17)18)6-7-11(12)13(16)9-4-2-1-3-5-9;1-3-9-6-4-5-7-10(9)16-12(14)8-11(13)15-2/h1-8H;4-7H,3,8H2,1-2H3. The van der Waals surface area contributed by atoms with E-state index >= 15 is 0 Å². The molecule has 0 aliphatic heterocycles. The van der Waals surface area contributed by atoms with Crippen LogP contribution in [0.25, 0.3) is 0 Å². The van der Waals surface area contributed by atoms with E-state index < -0.39 is 28.5 Å². The number of hydrogen-bond acceptors (Lipinski definition) is 7. The molecule has 176 valence electrons. The number of rotatable bonds is 7. The van der Waals surface area contributed by atoms with E-state index in [0.717, 1.165) is 30.2 Å². The quantitative estimate of drug-likeness (QED) is 0.124. The summed E-state index contributed by atoms with van der Waals surface area (Å²) in [7, 11) is 1.23. The van der Waals surface area contributed by atoms with Crippen LogP contribution >= 0.6 is 0 Å². The number of non-ortho nitro benzene ring substituents is 1. The minimum atomic E-state index is -0.891. The van der Waals surface area contributed by atoms with E-state index in [1.54, 1.807) is 42.5 Å². The minimum Gasteiger partial charge on any atom is -0.469 e. The van der Waals surface area contributed by atoms with Crippen molar-refractivity contribution in [3.8, 4) is 5.75 Å². The van der Waals surface area contributed by atoms with Gasteiger partial charge in [0.25, 0.3) is 5.69 Å². The first-order valence-electron chi connectivity index (χ1n) is 10.2. The molecule has 0 N–H and O–H groups in total. The summed E-state index contributed by atoms with van der Waals surface area (Å²) in [5.74, 6) is -2.09. The zero-order valence-electron chi connectivity index (χ0n) is 18.5. The highest BCUT2D eigenvalue weighted by Gasteiger charge is 2.17. The highest BCUT2D eigenvalue weighted by Crippen LogP contribution is 2.20. The summed E-state index contributed by atoms with van der Waals surface area (Å²) in [6, 6.07) is 18.4. The molecule has 0 bridgehead atoms. The van der Waals surface area contributed by atoms with Crippen molar-refractivity contribution in [3.63, 3.8) is 0 Å². The first-order valence-corrected chi connectivity index (χ1v) is 10.2. The fourth-order valence-electron chi connectivity index (χ4n) is 2.79. The molecule has 0 radical (unpaired) electrons. The second kappa shape index (κ2) is 12.6. The lowest BCUT2D eigenvalue weighted by atomic mass is 10.0. The van der Waals surface area contributed by atoms with Gasteiger partial charge < -0.3 is 9.47 Å². The van der Waals surface area contributed by atoms with Crippen LogP contribution in [0.4, 0.5) is 10.1 Å². The van der Waals surface area contributed by atoms with Crippen molar-refractivity contribution in [2.45, 2.75) is 19.8 Å². The fraction of sp³-hybridized carbons (Fsp3) is 0.160. The molecule has 0 aliphatic carbocycles. The predicted molar refractivity (Wildman–Crippen MR) is 121 cm³/mol. The van der Waals surface area contributed by atoms with Gasteiger partial charge in [-0.25, -0.2) is 4.39 Å². The Balaban J connectivity index is 0.000000242. The first kappa shape index (κ1) is 25.9. The third-order valence-electron chi connectivity index (χ3n) is 4.54. The number of hydrogen-bond donors (Lipinski definition) is 0. The number of esters is 2. The molecular weight excluding hydrogens is 445 g/mol. The van der Waals surface area contributed by atoms with Crippen molar-refractivity contribution >= 4 is 23.4 Å². The Morgan fingerprint density at radius 1 is 0.941 bits per heavy atom. The maximum Gasteiger partial charge on any atom is 0.322 e. The van der Waals surface area contributed by atoms with Gasteiger partial charge in [-0.3, -0.25) is 24.5 Å². The van der Waals surface area contributed by atoms with E-state index in [1.165, 1.54) is 7.11 Å². The summed E-state index contributed by atoms with van der Waals surface area (Å²) in [6.45, 7) is 1.97. The van der Waals surface area contributed by atoms with Crippen LogP contribution in [0.5, 0.6) is 5.75 Å². The number of nitro groups is 1. The van der Waals surface area contributed by atoms with Gasteiger partial charge in [-0.15, -0.1) is 0 Å². The lowest BCUT2D eigenvalue weighted by Crippen LogP contribution is -2.15. The van der Waals surface area contributed by atoms with Gasteiger partial charge in [0.15, 0.2) is 5.78 Å². The summed E-state index contributed by atoms with van der Waals surface area (Å²) >= 11 is 0. The highest BCUT2D eigenvalue weighted by molar-refractivity contribution is 6.09. The second-order valence-corrected chi connectivity index (χ2v) is 6.80. The van der Waals surface area contributed by atoms with Crippen molar-refractivity contribution in [2.24, 2.45) is 0 Å². The average Bonchev–Trinajstić information content (AvgIpc) is 2.84. The topological polar surface area (TPSA) is 113 Å². The molecule has 0 aromatic heterocycles. The zero-order chi connectivity index (χ0) is 25.1. The van der Waals surface area contributed by atoms with Gasteiger partial charge in [-0.2, -0.15) is 0 Å². The van der Waals surface area contributed by atoms with Crippen LogP contribution in [0.1, 0.15) is 34.8 Å². The van der Waals surface area contributed by atoms with Gasteiger partial charge in [0.1, 0.15) is 18.0 Å². The van der Waals surface area contributed by atoms with E-state index in [-0.39, 0.29) is 17.7 Å². The third kappa shape index (κ3) is 7.33. The van der Waals surface area contributed by atoms with Crippen molar-refractivity contribution in [3.05, 3.63) is 105 Å². The molecule has 0 fully saturated rings. The van der Waals surface area contributed by atoms with Gasteiger partial charge in [0, 0.05) is 11.6 Å². The van der Waals surface area contributed by atoms with Crippen molar-refractivity contribution < 1.29 is 33.2 Å². The number of aryl methyl sites for hydroxylation is 1. The highest BCUT2D eigenvalue weighted by atomic mass is 19.1. The number of ether oxygens (including phenoxy) is 2. The molecule has 3 aromatic rings. The molecule has 0 saturated heterocycles. The Bertz CT molecular complexity index is 1180. The summed E-state index contributed by atoms with van der Waals surface area (Å²) in [5, 5.41) is 10.5. The number of nitrogens with zero attached hydrogens (tertiary/aromatic N) is 1. The van der Waals surface area contributed by atoms with Crippen LogP contribution < -0.4 is 4.74 Å². The molecule has 9 heteroatoms. The molecule has 34 heavy (non-hydrogen) atoms. The van der Waals surface area contributed by atoms with Gasteiger partial charge in [0.05, 0.1) is 23.7 Å². The fourth-order valence-corrected chi connectivity index (χ4v) is 2.79. The number of nitro benzene ring substituents is 1. The number of ketones is 1. The molecule has 8 nitrogen and oxygen atoms in total. The van der Waals surface area contributed by atoms with Gasteiger partial charge in [-0.1, -0.05) is 55.5 Å². The van der Waals surface area contributed by atoms with Crippen LogP contribution in [0.2, 0.25) is 0 Å². The third-order valence-corrected chi connectivity index (χ3v) is 4.54. The summed E-state index contributed by atoms with van der Waals surface area (Å²) in [5.41, 5.74) is 0.717. The average molecular weight is 467 g/mol. The van der Waals surface area contributed by atoms with Crippen molar-refractivity contribution in [2.75, 3.05) is 7.11 Å². The number of carbonyl (C=O) groups is 3. The molecule has 0 spiro atoms. The number of halogens is 1. The monoisotopic (exact) mass is 467 g/mol. The Morgan fingerprint density at radius 3 is 2.18 bits per heavy atom. The lowest BCUT2D eigenvalue weighted by Gasteiger charge is -2.07. The molecule has 0 atom stereocenters. The predicted octanol–water partition coefficient (Wildman–Crippen LogP) is 4.68. The molecule has 3 aromatic carbocycles. The van der Waals surface area contributed by atoms with Crippen LogP contribution in [-0.2, 0) is 20.7 Å². The molecule has 3 rings (SSSR count). The summed E-state index contributed by atoms with van der Waals surface area (Å²) < 4.78 is 23.1. The summed E-state index contributed by atoms with van der Waals surface area (Å²) in [4.78, 5) is 43.9. The van der Waals surface area contributed by atoms with E-state index in [2.05, 4.69) is 4.74 Å². The van der Waals surface area contributed by atoms with Crippen LogP contribution in [-0.4, -0.2) is 29.8 Å². The van der Waals surface area contributed by atoms with E-state index in [9.17, 15) is 28.9 Å². The summed E-state index contributed by atoms with van der Waals surface area (Å²) in [6.07, 6.45) is 0.399. The number of carbonyl (C=O) groups excluding carboxylic acids is 3. The number of para-hydroxylation sites is 1. The van der Waals surface area contributed by atoms with Gasteiger partial charge >= 0.3 is 11.9 Å².